The summed E-state index contributed by atoms with van der Waals surface area (Å²) in [6, 6.07) is 12.7. The number of amides is 1. The highest BCUT2D eigenvalue weighted by Crippen LogP contribution is 2.23. The molecule has 0 aliphatic carbocycles. The van der Waals surface area contributed by atoms with Crippen molar-refractivity contribution in [1.29, 1.82) is 0 Å². The van der Waals surface area contributed by atoms with E-state index in [2.05, 4.69) is 4.98 Å². The minimum atomic E-state index is -3.71. The van der Waals surface area contributed by atoms with Crippen molar-refractivity contribution in [1.82, 2.24) is 14.5 Å². The maximum absolute atomic E-state index is 13.4. The third kappa shape index (κ3) is 5.77. The molecule has 0 spiro atoms. The molecule has 1 aliphatic rings. The number of benzene rings is 1. The maximum Gasteiger partial charge on any atom is 0.228 e. The summed E-state index contributed by atoms with van der Waals surface area (Å²) < 4.78 is 39.7. The van der Waals surface area contributed by atoms with Gasteiger partial charge in [0.05, 0.1) is 49.6 Å². The topological polar surface area (TPSA) is 94.6 Å². The smallest absolute Gasteiger partial charge is 0.228 e. The van der Waals surface area contributed by atoms with Gasteiger partial charge in [0.25, 0.3) is 0 Å². The number of hydrogen-bond donors (Lipinski definition) is 0. The van der Waals surface area contributed by atoms with Crippen LogP contribution >= 0.6 is 0 Å². The van der Waals surface area contributed by atoms with Gasteiger partial charge >= 0.3 is 0 Å². The number of ether oxygens (including phenoxy) is 1. The van der Waals surface area contributed by atoms with E-state index in [1.807, 2.05) is 38.1 Å². The second-order valence-corrected chi connectivity index (χ2v) is 10.8. The van der Waals surface area contributed by atoms with Crippen molar-refractivity contribution in [2.45, 2.75) is 63.3 Å². The first-order chi connectivity index (χ1) is 16.3. The number of carbonyl (C=O) groups excluding carboxylic acids is 1. The zero-order valence-electron chi connectivity index (χ0n) is 19.6. The van der Waals surface area contributed by atoms with E-state index < -0.39 is 9.84 Å². The zero-order chi connectivity index (χ0) is 24.1. The molecule has 8 nitrogen and oxygen atoms in total. The van der Waals surface area contributed by atoms with E-state index in [9.17, 15) is 13.2 Å². The summed E-state index contributed by atoms with van der Waals surface area (Å²) in [5, 5.41) is 0.0109. The van der Waals surface area contributed by atoms with Gasteiger partial charge in [-0.15, -0.1) is 0 Å². The van der Waals surface area contributed by atoms with E-state index in [1.54, 1.807) is 40.1 Å². The highest BCUT2D eigenvalue weighted by molar-refractivity contribution is 7.90. The first kappa shape index (κ1) is 24.2. The molecule has 1 aliphatic heterocycles. The van der Waals surface area contributed by atoms with E-state index in [1.165, 1.54) is 0 Å². The molecule has 0 unspecified atom stereocenters. The fourth-order valence-corrected chi connectivity index (χ4v) is 5.68. The van der Waals surface area contributed by atoms with Gasteiger partial charge in [0.1, 0.15) is 5.76 Å². The van der Waals surface area contributed by atoms with E-state index in [4.69, 9.17) is 9.15 Å². The van der Waals surface area contributed by atoms with Crippen LogP contribution in [0.4, 0.5) is 0 Å². The van der Waals surface area contributed by atoms with E-state index in [0.717, 1.165) is 12.8 Å². The summed E-state index contributed by atoms with van der Waals surface area (Å²) in [5.74, 6) is 0.258. The minimum Gasteiger partial charge on any atom is -0.467 e. The third-order valence-corrected chi connectivity index (χ3v) is 7.47. The number of sulfone groups is 1. The largest absolute Gasteiger partial charge is 0.467 e. The molecule has 1 amide bonds. The lowest BCUT2D eigenvalue weighted by Crippen LogP contribution is -2.34. The van der Waals surface area contributed by atoms with Crippen LogP contribution in [-0.2, 0) is 44.8 Å². The lowest BCUT2D eigenvalue weighted by atomic mass is 10.1. The summed E-state index contributed by atoms with van der Waals surface area (Å²) in [7, 11) is -3.71. The number of furan rings is 1. The Morgan fingerprint density at radius 2 is 1.97 bits per heavy atom. The number of aromatic nitrogens is 2. The Kier molecular flexibility index (Phi) is 7.53. The molecule has 0 bridgehead atoms. The number of rotatable bonds is 10. The molecule has 34 heavy (non-hydrogen) atoms. The lowest BCUT2D eigenvalue weighted by molar-refractivity contribution is -0.136. The van der Waals surface area contributed by atoms with Crippen molar-refractivity contribution in [3.05, 3.63) is 71.9 Å². The van der Waals surface area contributed by atoms with Crippen LogP contribution in [-0.4, -0.2) is 41.5 Å². The Hall–Kier alpha value is -2.91. The van der Waals surface area contributed by atoms with Gasteiger partial charge < -0.3 is 18.6 Å². The standard InChI is InChI=1S/C25H31N3O5S/c1-19(2)24(29)27(16-22-10-6-12-32-22)15-21-14-26-25(28(21)17-23-11-7-13-33-23)34(30,31)18-20-8-4-3-5-9-20/h3-6,8-10,12,14,19,23H,7,11,13,15-18H2,1-2H3/t23-/m0/s1. The first-order valence-electron chi connectivity index (χ1n) is 11.6. The average Bonchev–Trinajstić information content (AvgIpc) is 3.57. The normalized spacial score (nSPS) is 16.3. The van der Waals surface area contributed by atoms with E-state index in [0.29, 0.717) is 36.7 Å². The second-order valence-electron chi connectivity index (χ2n) is 8.95. The molecule has 0 radical (unpaired) electrons. The van der Waals surface area contributed by atoms with Gasteiger partial charge in [0, 0.05) is 12.5 Å². The molecular formula is C25H31N3O5S. The van der Waals surface area contributed by atoms with Crippen LogP contribution in [0.5, 0.6) is 0 Å². The summed E-state index contributed by atoms with van der Waals surface area (Å²) in [5.41, 5.74) is 1.35. The molecule has 4 rings (SSSR count). The van der Waals surface area contributed by atoms with Crippen molar-refractivity contribution in [3.63, 3.8) is 0 Å². The van der Waals surface area contributed by atoms with Gasteiger partial charge in [-0.1, -0.05) is 44.2 Å². The maximum atomic E-state index is 13.4. The van der Waals surface area contributed by atoms with Crippen LogP contribution < -0.4 is 0 Å². The SMILES string of the molecule is CC(C)C(=O)N(Cc1ccco1)Cc1cnc(S(=O)(=O)Cc2ccccc2)n1C[C@@H]1CCCO1. The quantitative estimate of drug-likeness (QED) is 0.433. The van der Waals surface area contributed by atoms with Crippen LogP contribution in [0.1, 0.15) is 43.7 Å². The number of nitrogens with zero attached hydrogens (tertiary/aromatic N) is 3. The van der Waals surface area contributed by atoms with Gasteiger partial charge in [-0.05, 0) is 30.5 Å². The first-order valence-corrected chi connectivity index (χ1v) is 13.2. The van der Waals surface area contributed by atoms with Crippen molar-refractivity contribution in [3.8, 4) is 0 Å². The molecule has 1 fully saturated rings. The fraction of sp³-hybridized carbons (Fsp3) is 0.440. The molecular weight excluding hydrogens is 454 g/mol. The molecule has 0 saturated carbocycles. The Labute approximate surface area is 200 Å². The number of carbonyl (C=O) groups is 1. The molecule has 0 N–H and O–H groups in total. The predicted octanol–water partition coefficient (Wildman–Crippen LogP) is 3.81. The molecule has 2 aromatic heterocycles. The molecule has 182 valence electrons. The van der Waals surface area contributed by atoms with Gasteiger partial charge in [0.15, 0.2) is 0 Å². The van der Waals surface area contributed by atoms with Crippen molar-refractivity contribution < 1.29 is 22.4 Å². The van der Waals surface area contributed by atoms with Crippen LogP contribution in [0.2, 0.25) is 0 Å². The van der Waals surface area contributed by atoms with Crippen molar-refractivity contribution in [2.24, 2.45) is 5.92 Å². The summed E-state index contributed by atoms with van der Waals surface area (Å²) in [6.45, 7) is 5.24. The lowest BCUT2D eigenvalue weighted by Gasteiger charge is -2.25. The van der Waals surface area contributed by atoms with Crippen molar-refractivity contribution >= 4 is 15.7 Å². The Morgan fingerprint density at radius 1 is 1.18 bits per heavy atom. The molecule has 3 aromatic rings. The van der Waals surface area contributed by atoms with Gasteiger partial charge in [-0.25, -0.2) is 13.4 Å². The highest BCUT2D eigenvalue weighted by atomic mass is 32.2. The Morgan fingerprint density at radius 3 is 2.62 bits per heavy atom. The Balaban J connectivity index is 1.66. The minimum absolute atomic E-state index is 0.0109. The summed E-state index contributed by atoms with van der Waals surface area (Å²) >= 11 is 0. The van der Waals surface area contributed by atoms with Crippen LogP contribution in [0.25, 0.3) is 0 Å². The van der Waals surface area contributed by atoms with Crippen LogP contribution in [0.15, 0.2) is 64.5 Å². The number of imidazole rings is 1. The monoisotopic (exact) mass is 485 g/mol. The van der Waals surface area contributed by atoms with Crippen LogP contribution in [0.3, 0.4) is 0 Å². The zero-order valence-corrected chi connectivity index (χ0v) is 20.4. The fourth-order valence-electron chi connectivity index (χ4n) is 4.17. The summed E-state index contributed by atoms with van der Waals surface area (Å²) in [4.78, 5) is 19.0. The molecule has 9 heteroatoms. The van der Waals surface area contributed by atoms with Crippen LogP contribution in [0, 0.1) is 5.92 Å². The third-order valence-electron chi connectivity index (χ3n) is 5.87. The van der Waals surface area contributed by atoms with E-state index in [-0.39, 0.29) is 35.4 Å². The van der Waals surface area contributed by atoms with Gasteiger partial charge in [-0.2, -0.15) is 0 Å². The predicted molar refractivity (Wildman–Crippen MR) is 126 cm³/mol. The molecule has 1 atom stereocenters. The summed E-state index contributed by atoms with van der Waals surface area (Å²) in [6.07, 6.45) is 4.85. The molecule has 1 aromatic carbocycles. The van der Waals surface area contributed by atoms with Crippen molar-refractivity contribution in [2.75, 3.05) is 6.61 Å². The average molecular weight is 486 g/mol. The molecule has 3 heterocycles. The Bertz CT molecular complexity index is 1180. The second kappa shape index (κ2) is 10.6. The van der Waals surface area contributed by atoms with Gasteiger partial charge in [0.2, 0.25) is 20.9 Å². The van der Waals surface area contributed by atoms with E-state index >= 15 is 0 Å². The molecule has 1 saturated heterocycles. The number of hydrogen-bond acceptors (Lipinski definition) is 6. The highest BCUT2D eigenvalue weighted by Gasteiger charge is 2.29. The van der Waals surface area contributed by atoms with Gasteiger partial charge in [-0.3, -0.25) is 4.79 Å².